The fourth-order valence-corrected chi connectivity index (χ4v) is 3.08. The van der Waals surface area contributed by atoms with E-state index in [1.165, 1.54) is 0 Å². The van der Waals surface area contributed by atoms with Gasteiger partial charge in [0.15, 0.2) is 10.8 Å². The van der Waals surface area contributed by atoms with Crippen molar-refractivity contribution >= 4 is 22.4 Å². The Kier molecular flexibility index (Phi) is 3.71. The van der Waals surface area contributed by atoms with E-state index in [1.54, 1.807) is 4.90 Å². The summed E-state index contributed by atoms with van der Waals surface area (Å²) in [7, 11) is 0. The molecule has 1 aliphatic heterocycles. The molecule has 8 heteroatoms. The van der Waals surface area contributed by atoms with Crippen LogP contribution in [0.4, 0.5) is 18.3 Å². The third-order valence-electron chi connectivity index (χ3n) is 3.06. The molecule has 4 nitrogen and oxygen atoms in total. The maximum atomic E-state index is 12.5. The minimum absolute atomic E-state index is 0.119. The van der Waals surface area contributed by atoms with Crippen molar-refractivity contribution in [1.29, 1.82) is 0 Å². The van der Waals surface area contributed by atoms with Gasteiger partial charge in [-0.1, -0.05) is 6.92 Å². The van der Waals surface area contributed by atoms with E-state index in [0.717, 1.165) is 16.7 Å². The van der Waals surface area contributed by atoms with Gasteiger partial charge in [-0.25, -0.2) is 4.98 Å². The lowest BCUT2D eigenvalue weighted by Gasteiger charge is -2.34. The number of rotatable bonds is 2. The molecule has 0 bridgehead atoms. The van der Waals surface area contributed by atoms with E-state index in [9.17, 15) is 18.0 Å². The molecule has 1 saturated heterocycles. The number of hydrogen-bond donors (Lipinski definition) is 1. The molecule has 0 radical (unpaired) electrons. The molecule has 1 fully saturated rings. The molecule has 0 saturated carbocycles. The van der Waals surface area contributed by atoms with Crippen molar-refractivity contribution in [3.05, 3.63) is 11.1 Å². The first kappa shape index (κ1) is 14.1. The monoisotopic (exact) mass is 294 g/mol. The van der Waals surface area contributed by atoms with E-state index < -0.39 is 23.8 Å². The zero-order valence-electron chi connectivity index (χ0n) is 10.1. The van der Waals surface area contributed by atoms with Gasteiger partial charge < -0.3 is 10.0 Å². The van der Waals surface area contributed by atoms with Crippen molar-refractivity contribution in [3.8, 4) is 0 Å². The van der Waals surface area contributed by atoms with Crippen LogP contribution in [0, 0.1) is 11.8 Å². The summed E-state index contributed by atoms with van der Waals surface area (Å²) in [5, 5.41) is 10.2. The summed E-state index contributed by atoms with van der Waals surface area (Å²) < 4.78 is 37.4. The molecule has 106 valence electrons. The van der Waals surface area contributed by atoms with E-state index in [-0.39, 0.29) is 17.6 Å². The Morgan fingerprint density at radius 2 is 2.21 bits per heavy atom. The summed E-state index contributed by atoms with van der Waals surface area (Å²) in [5.74, 6) is -1.35. The van der Waals surface area contributed by atoms with Crippen molar-refractivity contribution in [2.24, 2.45) is 11.8 Å². The van der Waals surface area contributed by atoms with Crippen LogP contribution in [0.2, 0.25) is 0 Å². The zero-order chi connectivity index (χ0) is 14.2. The van der Waals surface area contributed by atoms with Crippen LogP contribution in [-0.2, 0) is 11.0 Å². The number of hydrogen-bond acceptors (Lipinski definition) is 4. The first-order valence-corrected chi connectivity index (χ1v) is 6.66. The number of alkyl halides is 3. The predicted octanol–water partition coefficient (Wildman–Crippen LogP) is 2.71. The smallest absolute Gasteiger partial charge is 0.434 e. The molecule has 0 spiro atoms. The summed E-state index contributed by atoms with van der Waals surface area (Å²) in [6.45, 7) is 2.64. The number of anilines is 1. The first-order chi connectivity index (χ1) is 8.77. The summed E-state index contributed by atoms with van der Waals surface area (Å²) in [4.78, 5) is 16.2. The van der Waals surface area contributed by atoms with Crippen LogP contribution in [0.3, 0.4) is 0 Å². The Morgan fingerprint density at radius 1 is 1.53 bits per heavy atom. The second-order valence-electron chi connectivity index (χ2n) is 4.79. The SMILES string of the molecule is CC1CC(C(=O)O)CN(c2nc(C(F)(F)F)cs2)C1. The highest BCUT2D eigenvalue weighted by Crippen LogP contribution is 2.35. The van der Waals surface area contributed by atoms with Gasteiger partial charge in [0, 0.05) is 18.5 Å². The van der Waals surface area contributed by atoms with Gasteiger partial charge in [0.25, 0.3) is 0 Å². The van der Waals surface area contributed by atoms with E-state index in [1.807, 2.05) is 6.92 Å². The van der Waals surface area contributed by atoms with Gasteiger partial charge in [-0.3, -0.25) is 4.79 Å². The number of thiazole rings is 1. The molecule has 2 rings (SSSR count). The number of nitrogens with zero attached hydrogens (tertiary/aromatic N) is 2. The van der Waals surface area contributed by atoms with Crippen LogP contribution in [-0.4, -0.2) is 29.1 Å². The van der Waals surface area contributed by atoms with E-state index in [4.69, 9.17) is 5.11 Å². The van der Waals surface area contributed by atoms with Crippen LogP contribution in [0.1, 0.15) is 19.0 Å². The molecule has 2 heterocycles. The molecule has 0 amide bonds. The topological polar surface area (TPSA) is 53.4 Å². The van der Waals surface area contributed by atoms with Crippen molar-refractivity contribution in [2.75, 3.05) is 18.0 Å². The second-order valence-corrected chi connectivity index (χ2v) is 5.63. The highest BCUT2D eigenvalue weighted by atomic mass is 32.1. The van der Waals surface area contributed by atoms with Gasteiger partial charge in [-0.05, 0) is 12.3 Å². The molecule has 1 aromatic rings. The first-order valence-electron chi connectivity index (χ1n) is 5.78. The number of carbonyl (C=O) groups is 1. The normalized spacial score (nSPS) is 24.5. The predicted molar refractivity (Wildman–Crippen MR) is 64.2 cm³/mol. The Bertz CT molecular complexity index is 475. The van der Waals surface area contributed by atoms with Crippen molar-refractivity contribution in [3.63, 3.8) is 0 Å². The summed E-state index contributed by atoms with van der Waals surface area (Å²) in [6, 6.07) is 0. The molecule has 1 aliphatic rings. The molecule has 0 aliphatic carbocycles. The average Bonchev–Trinajstić information content (AvgIpc) is 2.76. The lowest BCUT2D eigenvalue weighted by molar-refractivity contribution is -0.143. The fourth-order valence-electron chi connectivity index (χ4n) is 2.23. The van der Waals surface area contributed by atoms with Crippen LogP contribution in [0.25, 0.3) is 0 Å². The van der Waals surface area contributed by atoms with Crippen LogP contribution >= 0.6 is 11.3 Å². The van der Waals surface area contributed by atoms with Crippen LogP contribution in [0.5, 0.6) is 0 Å². The van der Waals surface area contributed by atoms with Crippen LogP contribution in [0.15, 0.2) is 5.38 Å². The largest absolute Gasteiger partial charge is 0.481 e. The third kappa shape index (κ3) is 3.17. The Labute approximate surface area is 111 Å². The Morgan fingerprint density at radius 3 is 2.74 bits per heavy atom. The number of aliphatic carboxylic acids is 1. The zero-order valence-corrected chi connectivity index (χ0v) is 11.0. The highest BCUT2D eigenvalue weighted by Gasteiger charge is 2.36. The highest BCUT2D eigenvalue weighted by molar-refractivity contribution is 7.13. The molecule has 1 aromatic heterocycles. The van der Waals surface area contributed by atoms with E-state index in [0.29, 0.717) is 13.0 Å². The maximum absolute atomic E-state index is 12.5. The molecule has 0 aromatic carbocycles. The third-order valence-corrected chi connectivity index (χ3v) is 3.96. The summed E-state index contributed by atoms with van der Waals surface area (Å²) in [5.41, 5.74) is -0.919. The standard InChI is InChI=1S/C11H13F3N2O2S/c1-6-2-7(9(17)18)4-16(3-6)10-15-8(5-19-10)11(12,13)14/h5-7H,2-4H2,1H3,(H,17,18). The van der Waals surface area contributed by atoms with Gasteiger partial charge in [-0.15, -0.1) is 11.3 Å². The van der Waals surface area contributed by atoms with E-state index >= 15 is 0 Å². The average molecular weight is 294 g/mol. The lowest BCUT2D eigenvalue weighted by atomic mass is 9.91. The molecular formula is C11H13F3N2O2S. The molecule has 19 heavy (non-hydrogen) atoms. The number of halogens is 3. The van der Waals surface area contributed by atoms with E-state index in [2.05, 4.69) is 4.98 Å². The minimum atomic E-state index is -4.46. The molecule has 2 atom stereocenters. The lowest BCUT2D eigenvalue weighted by Crippen LogP contribution is -2.42. The Hall–Kier alpha value is -1.31. The number of carboxylic acids is 1. The molecular weight excluding hydrogens is 281 g/mol. The van der Waals surface area contributed by atoms with Gasteiger partial charge in [-0.2, -0.15) is 13.2 Å². The maximum Gasteiger partial charge on any atom is 0.434 e. The number of aromatic nitrogens is 1. The molecule has 2 unspecified atom stereocenters. The Balaban J connectivity index is 2.17. The summed E-state index contributed by atoms with van der Waals surface area (Å²) in [6.07, 6.45) is -3.91. The minimum Gasteiger partial charge on any atom is -0.481 e. The van der Waals surface area contributed by atoms with Gasteiger partial charge in [0.05, 0.1) is 5.92 Å². The number of carboxylic acid groups (broad SMARTS) is 1. The molecule has 1 N–H and O–H groups in total. The van der Waals surface area contributed by atoms with Gasteiger partial charge >= 0.3 is 12.1 Å². The van der Waals surface area contributed by atoms with Crippen molar-refractivity contribution < 1.29 is 23.1 Å². The number of piperidine rings is 1. The fraction of sp³-hybridized carbons (Fsp3) is 0.636. The second kappa shape index (κ2) is 4.99. The van der Waals surface area contributed by atoms with Crippen molar-refractivity contribution in [2.45, 2.75) is 19.5 Å². The van der Waals surface area contributed by atoms with Crippen molar-refractivity contribution in [1.82, 2.24) is 4.98 Å². The summed E-state index contributed by atoms with van der Waals surface area (Å²) >= 11 is 0.901. The van der Waals surface area contributed by atoms with Crippen LogP contribution < -0.4 is 4.90 Å². The van der Waals surface area contributed by atoms with Gasteiger partial charge in [0.1, 0.15) is 0 Å². The van der Waals surface area contributed by atoms with Gasteiger partial charge in [0.2, 0.25) is 0 Å². The quantitative estimate of drug-likeness (QED) is 0.911.